The second kappa shape index (κ2) is 5.87. The van der Waals surface area contributed by atoms with E-state index in [1.165, 1.54) is 25.3 Å². The zero-order chi connectivity index (χ0) is 13.5. The van der Waals surface area contributed by atoms with Gasteiger partial charge in [0, 0.05) is 18.3 Å². The minimum atomic E-state index is -0.552. The molecule has 90 valence electrons. The van der Waals surface area contributed by atoms with Crippen LogP contribution in [0.1, 0.15) is 0 Å². The number of ether oxygens (including phenoxy) is 1. The minimum absolute atomic E-state index is 0.123. The van der Waals surface area contributed by atoms with Gasteiger partial charge in [-0.3, -0.25) is 10.1 Å². The number of nitriles is 2. The first-order valence-corrected chi connectivity index (χ1v) is 4.71. The second-order valence-electron chi connectivity index (χ2n) is 3.07. The number of nitro groups is 1. The van der Waals surface area contributed by atoms with Gasteiger partial charge >= 0.3 is 0 Å². The third-order valence-electron chi connectivity index (χ3n) is 2.01. The molecule has 1 N–H and O–H groups in total. The summed E-state index contributed by atoms with van der Waals surface area (Å²) in [6.07, 6.45) is 1.15. The van der Waals surface area contributed by atoms with E-state index in [0.717, 1.165) is 6.20 Å². The lowest BCUT2D eigenvalue weighted by Gasteiger charge is -2.07. The molecule has 0 fully saturated rings. The topological polar surface area (TPSA) is 112 Å². The van der Waals surface area contributed by atoms with Crippen LogP contribution in [0, 0.1) is 32.8 Å². The average molecular weight is 244 g/mol. The normalized spacial score (nSPS) is 8.61. The van der Waals surface area contributed by atoms with Crippen LogP contribution in [0.25, 0.3) is 0 Å². The smallest absolute Gasteiger partial charge is 0.271 e. The molecule has 0 aliphatic rings. The highest BCUT2D eigenvalue weighted by Gasteiger charge is 2.10. The van der Waals surface area contributed by atoms with E-state index in [1.54, 1.807) is 12.1 Å². The Morgan fingerprint density at radius 1 is 1.50 bits per heavy atom. The Morgan fingerprint density at radius 2 is 2.17 bits per heavy atom. The Balaban J connectivity index is 3.11. The quantitative estimate of drug-likeness (QED) is 0.492. The first kappa shape index (κ1) is 13.0. The molecule has 0 amide bonds. The van der Waals surface area contributed by atoms with Gasteiger partial charge < -0.3 is 10.1 Å². The number of benzene rings is 1. The molecule has 1 aromatic rings. The van der Waals surface area contributed by atoms with Crippen molar-refractivity contribution in [1.29, 1.82) is 10.5 Å². The Hall–Kier alpha value is -3.06. The van der Waals surface area contributed by atoms with Gasteiger partial charge in [0.05, 0.1) is 17.7 Å². The molecular formula is C11H8N4O3. The van der Waals surface area contributed by atoms with Crippen molar-refractivity contribution in [2.24, 2.45) is 0 Å². The van der Waals surface area contributed by atoms with Crippen molar-refractivity contribution in [3.63, 3.8) is 0 Å². The molecule has 0 bridgehead atoms. The van der Waals surface area contributed by atoms with E-state index in [2.05, 4.69) is 5.32 Å². The fourth-order valence-electron chi connectivity index (χ4n) is 1.16. The molecule has 0 unspecified atom stereocenters. The lowest BCUT2D eigenvalue weighted by Crippen LogP contribution is -1.96. The molecule has 0 aliphatic heterocycles. The summed E-state index contributed by atoms with van der Waals surface area (Å²) < 4.78 is 5.00. The summed E-state index contributed by atoms with van der Waals surface area (Å²) in [6.45, 7) is 0. The molecule has 0 aliphatic carbocycles. The van der Waals surface area contributed by atoms with Crippen molar-refractivity contribution in [3.05, 3.63) is 40.1 Å². The van der Waals surface area contributed by atoms with Gasteiger partial charge in [0.1, 0.15) is 23.5 Å². The van der Waals surface area contributed by atoms with E-state index in [1.807, 2.05) is 0 Å². The van der Waals surface area contributed by atoms with Crippen LogP contribution < -0.4 is 10.1 Å². The third-order valence-corrected chi connectivity index (χ3v) is 2.01. The van der Waals surface area contributed by atoms with Crippen LogP contribution in [0.5, 0.6) is 5.75 Å². The summed E-state index contributed by atoms with van der Waals surface area (Å²) in [6, 6.07) is 7.29. The van der Waals surface area contributed by atoms with Gasteiger partial charge in [-0.05, 0) is 6.07 Å². The number of hydrogen-bond donors (Lipinski definition) is 1. The van der Waals surface area contributed by atoms with Gasteiger partial charge in [0.25, 0.3) is 5.69 Å². The Morgan fingerprint density at radius 3 is 2.67 bits per heavy atom. The fraction of sp³-hybridized carbons (Fsp3) is 0.0909. The number of rotatable bonds is 4. The number of nitrogens with one attached hydrogen (secondary N) is 1. The van der Waals surface area contributed by atoms with Gasteiger partial charge in [-0.2, -0.15) is 10.5 Å². The summed E-state index contributed by atoms with van der Waals surface area (Å²) in [5, 5.41) is 30.4. The lowest BCUT2D eigenvalue weighted by atomic mass is 10.2. The number of methoxy groups -OCH3 is 1. The standard InChI is InChI=1S/C11H8N4O3/c1-18-11-3-2-9(15(16)17)4-10(11)14-7-8(5-12)6-13/h2-4,7,14H,1H3. The summed E-state index contributed by atoms with van der Waals surface area (Å²) in [5.41, 5.74) is 0.0282. The highest BCUT2D eigenvalue weighted by Crippen LogP contribution is 2.28. The molecule has 0 heterocycles. The van der Waals surface area contributed by atoms with Gasteiger partial charge in [0.2, 0.25) is 0 Å². The number of hydrogen-bond acceptors (Lipinski definition) is 6. The maximum atomic E-state index is 10.6. The fourth-order valence-corrected chi connectivity index (χ4v) is 1.16. The van der Waals surface area contributed by atoms with Crippen molar-refractivity contribution in [3.8, 4) is 17.9 Å². The molecular weight excluding hydrogens is 236 g/mol. The SMILES string of the molecule is COc1ccc([N+](=O)[O-])cc1NC=C(C#N)C#N. The molecule has 0 saturated heterocycles. The van der Waals surface area contributed by atoms with E-state index < -0.39 is 4.92 Å². The Labute approximate surface area is 103 Å². The monoisotopic (exact) mass is 244 g/mol. The number of anilines is 1. The molecule has 0 atom stereocenters. The summed E-state index contributed by atoms with van der Waals surface area (Å²) in [4.78, 5) is 10.1. The van der Waals surface area contributed by atoms with E-state index in [4.69, 9.17) is 15.3 Å². The van der Waals surface area contributed by atoms with Crippen LogP contribution in [0.15, 0.2) is 30.0 Å². The zero-order valence-electron chi connectivity index (χ0n) is 9.38. The Kier molecular flexibility index (Phi) is 4.24. The van der Waals surface area contributed by atoms with Crippen molar-refractivity contribution in [2.45, 2.75) is 0 Å². The van der Waals surface area contributed by atoms with Crippen LogP contribution in [0.4, 0.5) is 11.4 Å². The van der Waals surface area contributed by atoms with Crippen LogP contribution in [-0.4, -0.2) is 12.0 Å². The summed E-state index contributed by atoms with van der Waals surface area (Å²) >= 11 is 0. The van der Waals surface area contributed by atoms with Crippen LogP contribution in [0.2, 0.25) is 0 Å². The lowest BCUT2D eigenvalue weighted by molar-refractivity contribution is -0.384. The van der Waals surface area contributed by atoms with Gasteiger partial charge in [-0.25, -0.2) is 0 Å². The van der Waals surface area contributed by atoms with E-state index in [9.17, 15) is 10.1 Å². The van der Waals surface area contributed by atoms with Crippen molar-refractivity contribution >= 4 is 11.4 Å². The van der Waals surface area contributed by atoms with Crippen molar-refractivity contribution in [1.82, 2.24) is 0 Å². The van der Waals surface area contributed by atoms with Crippen LogP contribution >= 0.6 is 0 Å². The molecule has 0 aromatic heterocycles. The van der Waals surface area contributed by atoms with Gasteiger partial charge in [-0.15, -0.1) is 0 Å². The van der Waals surface area contributed by atoms with Crippen LogP contribution in [0.3, 0.4) is 0 Å². The molecule has 1 aromatic carbocycles. The maximum Gasteiger partial charge on any atom is 0.271 e. The van der Waals surface area contributed by atoms with Crippen molar-refractivity contribution < 1.29 is 9.66 Å². The number of nitro benzene ring substituents is 1. The molecule has 0 spiro atoms. The van der Waals surface area contributed by atoms with E-state index >= 15 is 0 Å². The van der Waals surface area contributed by atoms with E-state index in [-0.39, 0.29) is 11.3 Å². The minimum Gasteiger partial charge on any atom is -0.495 e. The highest BCUT2D eigenvalue weighted by atomic mass is 16.6. The molecule has 0 radical (unpaired) electrons. The Bertz CT molecular complexity index is 565. The summed E-state index contributed by atoms with van der Waals surface area (Å²) in [5.74, 6) is 0.368. The molecule has 0 saturated carbocycles. The zero-order valence-corrected chi connectivity index (χ0v) is 9.38. The molecule has 7 heteroatoms. The molecule has 7 nitrogen and oxygen atoms in total. The van der Waals surface area contributed by atoms with Crippen molar-refractivity contribution in [2.75, 3.05) is 12.4 Å². The number of allylic oxidation sites excluding steroid dienone is 1. The first-order valence-electron chi connectivity index (χ1n) is 4.71. The second-order valence-corrected chi connectivity index (χ2v) is 3.07. The number of nitrogens with zero attached hydrogens (tertiary/aromatic N) is 3. The summed E-state index contributed by atoms with van der Waals surface area (Å²) in [7, 11) is 1.41. The largest absolute Gasteiger partial charge is 0.495 e. The van der Waals surface area contributed by atoms with E-state index in [0.29, 0.717) is 11.4 Å². The average Bonchev–Trinajstić information content (AvgIpc) is 2.39. The predicted molar refractivity (Wildman–Crippen MR) is 62.6 cm³/mol. The number of non-ortho nitro benzene ring substituents is 1. The maximum absolute atomic E-state index is 10.6. The van der Waals surface area contributed by atoms with Gasteiger partial charge in [0.15, 0.2) is 0 Å². The highest BCUT2D eigenvalue weighted by molar-refractivity contribution is 5.63. The molecule has 18 heavy (non-hydrogen) atoms. The first-order chi connectivity index (χ1) is 8.62. The predicted octanol–water partition coefficient (Wildman–Crippen LogP) is 1.95. The molecule has 1 rings (SSSR count). The van der Waals surface area contributed by atoms with Crippen LogP contribution in [-0.2, 0) is 0 Å². The van der Waals surface area contributed by atoms with Gasteiger partial charge in [-0.1, -0.05) is 0 Å². The third kappa shape index (κ3) is 2.97.